The molecule has 0 aromatic rings. The molecule has 0 aromatic heterocycles. The van der Waals surface area contributed by atoms with Crippen molar-refractivity contribution in [3.63, 3.8) is 0 Å². The molecule has 0 aliphatic heterocycles. The Hall–Kier alpha value is -0.950. The van der Waals surface area contributed by atoms with Crippen LogP contribution in [0.4, 0.5) is 0 Å². The van der Waals surface area contributed by atoms with Crippen LogP contribution in [0.5, 0.6) is 0 Å². The third-order valence-corrected chi connectivity index (χ3v) is 8.91. The molecule has 0 fully saturated rings. The first kappa shape index (κ1) is 44.0. The van der Waals surface area contributed by atoms with Crippen molar-refractivity contribution in [1.82, 2.24) is 0 Å². The average molecular weight is 663 g/mol. The normalized spacial score (nSPS) is 12.4. The number of unbranched alkanes of at least 4 members (excludes halogenated alkanes) is 27. The van der Waals surface area contributed by atoms with Crippen molar-refractivity contribution in [1.29, 1.82) is 0 Å². The number of hydrogen-bond acceptors (Lipinski definition) is 6. The van der Waals surface area contributed by atoms with E-state index in [2.05, 4.69) is 11.4 Å². The molecule has 0 rings (SSSR count). The molecule has 0 saturated carbocycles. The Kier molecular flexibility index (Phi) is 32.3. The van der Waals surface area contributed by atoms with Gasteiger partial charge in [0.25, 0.3) is 0 Å². The zero-order valence-corrected chi connectivity index (χ0v) is 30.2. The van der Waals surface area contributed by atoms with Crippen LogP contribution in [0.25, 0.3) is 0 Å². The number of carbonyl (C=O) groups is 2. The molecule has 0 aliphatic carbocycles. The monoisotopic (exact) mass is 662 g/mol. The fourth-order valence-corrected chi connectivity index (χ4v) is 6.09. The zero-order chi connectivity index (χ0) is 33.3. The number of esters is 2. The van der Waals surface area contributed by atoms with Crippen LogP contribution in [-0.4, -0.2) is 41.0 Å². The van der Waals surface area contributed by atoms with Crippen molar-refractivity contribution in [3.8, 4) is 0 Å². The zero-order valence-electron chi connectivity index (χ0n) is 29.3. The minimum atomic E-state index is -4.70. The molecule has 0 bridgehead atoms. The van der Waals surface area contributed by atoms with Crippen molar-refractivity contribution in [2.24, 2.45) is 0 Å². The molecule has 0 unspecified atom stereocenters. The van der Waals surface area contributed by atoms with Crippen molar-refractivity contribution in [2.45, 2.75) is 206 Å². The summed E-state index contributed by atoms with van der Waals surface area (Å²) in [7, 11) is -4.70. The van der Waals surface area contributed by atoms with Crippen LogP contribution >= 0.6 is 7.82 Å². The number of hydrogen-bond donors (Lipinski definition) is 2. The SMILES string of the molecule is CCCCCCCCCCCCCCCCCCCCCCCCCCCCCCC(=O)OC[C@H](COP(=O)(O)O)OC(C)=O. The highest BCUT2D eigenvalue weighted by molar-refractivity contribution is 7.46. The molecule has 0 aliphatic rings. The van der Waals surface area contributed by atoms with E-state index >= 15 is 0 Å². The van der Waals surface area contributed by atoms with Gasteiger partial charge in [0.2, 0.25) is 0 Å². The third-order valence-electron chi connectivity index (χ3n) is 8.43. The first-order valence-corrected chi connectivity index (χ1v) is 20.3. The van der Waals surface area contributed by atoms with Gasteiger partial charge in [-0.1, -0.05) is 180 Å². The topological polar surface area (TPSA) is 119 Å². The van der Waals surface area contributed by atoms with Gasteiger partial charge in [-0.2, -0.15) is 0 Å². The molecule has 1 atom stereocenters. The summed E-state index contributed by atoms with van der Waals surface area (Å²) in [6.45, 7) is 2.61. The lowest BCUT2D eigenvalue weighted by Crippen LogP contribution is -2.28. The molecule has 45 heavy (non-hydrogen) atoms. The van der Waals surface area contributed by atoms with Crippen LogP contribution in [0.3, 0.4) is 0 Å². The molecular formula is C36H71O8P. The summed E-state index contributed by atoms with van der Waals surface area (Å²) < 4.78 is 25.1. The molecule has 0 radical (unpaired) electrons. The summed E-state index contributed by atoms with van der Waals surface area (Å²) >= 11 is 0. The van der Waals surface area contributed by atoms with E-state index in [1.54, 1.807) is 0 Å². The maximum atomic E-state index is 11.9. The Bertz CT molecular complexity index is 711. The highest BCUT2D eigenvalue weighted by atomic mass is 31.2. The second kappa shape index (κ2) is 33.0. The van der Waals surface area contributed by atoms with Gasteiger partial charge < -0.3 is 19.3 Å². The van der Waals surface area contributed by atoms with E-state index in [1.165, 1.54) is 161 Å². The quantitative estimate of drug-likeness (QED) is 0.0391. The van der Waals surface area contributed by atoms with Gasteiger partial charge in [-0.3, -0.25) is 14.1 Å². The summed E-state index contributed by atoms with van der Waals surface area (Å²) in [6, 6.07) is 0. The Balaban J connectivity index is 3.33. The highest BCUT2D eigenvalue weighted by Crippen LogP contribution is 2.35. The van der Waals surface area contributed by atoms with E-state index in [4.69, 9.17) is 19.3 Å². The lowest BCUT2D eigenvalue weighted by Gasteiger charge is -2.17. The van der Waals surface area contributed by atoms with Crippen LogP contribution in [0.1, 0.15) is 200 Å². The lowest BCUT2D eigenvalue weighted by molar-refractivity contribution is -0.159. The molecule has 2 N–H and O–H groups in total. The summed E-state index contributed by atoms with van der Waals surface area (Å²) in [5.41, 5.74) is 0. The predicted molar refractivity (Wildman–Crippen MR) is 184 cm³/mol. The minimum absolute atomic E-state index is 0.269. The van der Waals surface area contributed by atoms with Crippen molar-refractivity contribution >= 4 is 19.8 Å². The van der Waals surface area contributed by atoms with E-state index in [9.17, 15) is 14.2 Å². The largest absolute Gasteiger partial charge is 0.469 e. The van der Waals surface area contributed by atoms with E-state index in [1.807, 2.05) is 0 Å². The van der Waals surface area contributed by atoms with Gasteiger partial charge in [0.15, 0.2) is 6.10 Å². The van der Waals surface area contributed by atoms with Gasteiger partial charge in [0.1, 0.15) is 6.61 Å². The number of ether oxygens (including phenoxy) is 2. The summed E-state index contributed by atoms with van der Waals surface area (Å²) in [5, 5.41) is 0. The van der Waals surface area contributed by atoms with Gasteiger partial charge >= 0.3 is 19.8 Å². The first-order valence-electron chi connectivity index (χ1n) is 18.8. The molecule has 0 saturated heterocycles. The van der Waals surface area contributed by atoms with Gasteiger partial charge in [0.05, 0.1) is 6.61 Å². The van der Waals surface area contributed by atoms with Crippen LogP contribution in [0.2, 0.25) is 0 Å². The molecule has 0 amide bonds. The van der Waals surface area contributed by atoms with Crippen LogP contribution in [-0.2, 0) is 28.2 Å². The van der Waals surface area contributed by atoms with Gasteiger partial charge in [-0.05, 0) is 6.42 Å². The Morgan fingerprint density at radius 2 is 0.844 bits per heavy atom. The Labute approximate surface area is 276 Å². The van der Waals surface area contributed by atoms with Crippen molar-refractivity contribution in [3.05, 3.63) is 0 Å². The number of phosphoric ester groups is 1. The van der Waals surface area contributed by atoms with E-state index in [-0.39, 0.29) is 13.0 Å². The second-order valence-electron chi connectivity index (χ2n) is 13.0. The standard InChI is InChI=1S/C36H71O8P/c1-3-4-5-6-7-8-9-10-11-12-13-14-15-16-17-18-19-20-21-22-23-24-25-26-27-28-29-30-31-36(38)42-32-35(44-34(2)37)33-43-45(39,40)41/h35H,3-33H2,1-2H3,(H2,39,40,41)/t35-/m1/s1. The molecule has 0 spiro atoms. The minimum Gasteiger partial charge on any atom is -0.462 e. The second-order valence-corrected chi connectivity index (χ2v) is 14.2. The fraction of sp³-hybridized carbons (Fsp3) is 0.944. The molecule has 0 heterocycles. The van der Waals surface area contributed by atoms with Gasteiger partial charge in [-0.25, -0.2) is 4.57 Å². The van der Waals surface area contributed by atoms with Gasteiger partial charge in [0, 0.05) is 13.3 Å². The number of phosphoric acid groups is 1. The number of rotatable bonds is 35. The molecule has 9 heteroatoms. The van der Waals surface area contributed by atoms with Crippen LogP contribution in [0, 0.1) is 0 Å². The maximum absolute atomic E-state index is 11.9. The summed E-state index contributed by atoms with van der Waals surface area (Å²) in [4.78, 5) is 40.6. The fourth-order valence-electron chi connectivity index (χ4n) is 5.73. The van der Waals surface area contributed by atoms with E-state index < -0.39 is 32.5 Å². The molecule has 268 valence electrons. The predicted octanol–water partition coefficient (Wildman–Crippen LogP) is 10.9. The average Bonchev–Trinajstić information content (AvgIpc) is 2.99. The van der Waals surface area contributed by atoms with Gasteiger partial charge in [-0.15, -0.1) is 0 Å². The van der Waals surface area contributed by atoms with Crippen molar-refractivity contribution in [2.75, 3.05) is 13.2 Å². The van der Waals surface area contributed by atoms with E-state index in [0.717, 1.165) is 26.2 Å². The van der Waals surface area contributed by atoms with E-state index in [0.29, 0.717) is 0 Å². The van der Waals surface area contributed by atoms with Crippen LogP contribution < -0.4 is 0 Å². The lowest BCUT2D eigenvalue weighted by atomic mass is 10.0. The molecule has 8 nitrogen and oxygen atoms in total. The molecular weight excluding hydrogens is 591 g/mol. The maximum Gasteiger partial charge on any atom is 0.469 e. The van der Waals surface area contributed by atoms with Crippen LogP contribution in [0.15, 0.2) is 0 Å². The smallest absolute Gasteiger partial charge is 0.462 e. The summed E-state index contributed by atoms with van der Waals surface area (Å²) in [5.74, 6) is -1.07. The first-order chi connectivity index (χ1) is 21.7. The highest BCUT2D eigenvalue weighted by Gasteiger charge is 2.21. The third kappa shape index (κ3) is 37.4. The number of carbonyl (C=O) groups excluding carboxylic acids is 2. The molecule has 0 aromatic carbocycles. The Morgan fingerprint density at radius 1 is 0.533 bits per heavy atom. The summed E-state index contributed by atoms with van der Waals surface area (Å²) in [6.07, 6.45) is 36.9. The Morgan fingerprint density at radius 3 is 1.13 bits per heavy atom. The van der Waals surface area contributed by atoms with Crippen molar-refractivity contribution < 1.29 is 37.9 Å².